The van der Waals surface area contributed by atoms with Gasteiger partial charge in [0.05, 0.1) is 36.7 Å². The van der Waals surface area contributed by atoms with Gasteiger partial charge >= 0.3 is 6.18 Å². The molecule has 8 nitrogen and oxygen atoms in total. The van der Waals surface area contributed by atoms with Crippen LogP contribution in [-0.4, -0.2) is 58.3 Å². The summed E-state index contributed by atoms with van der Waals surface area (Å²) in [5, 5.41) is 23.4. The Morgan fingerprint density at radius 2 is 1.79 bits per heavy atom. The fourth-order valence-corrected chi connectivity index (χ4v) is 5.05. The van der Waals surface area contributed by atoms with Gasteiger partial charge in [-0.3, -0.25) is 9.59 Å². The predicted molar refractivity (Wildman–Crippen MR) is 132 cm³/mol. The van der Waals surface area contributed by atoms with Crippen molar-refractivity contribution in [3.8, 4) is 5.75 Å². The van der Waals surface area contributed by atoms with Gasteiger partial charge < -0.3 is 29.6 Å². The minimum absolute atomic E-state index is 0.00744. The highest BCUT2D eigenvalue weighted by molar-refractivity contribution is 5.97. The normalized spacial score (nSPS) is 21.8. The molecule has 204 valence electrons. The third kappa shape index (κ3) is 5.15. The number of halogens is 3. The van der Waals surface area contributed by atoms with Crippen molar-refractivity contribution in [2.45, 2.75) is 36.9 Å². The van der Waals surface area contributed by atoms with Crippen LogP contribution < -0.4 is 10.1 Å². The van der Waals surface area contributed by atoms with Crippen LogP contribution in [0.5, 0.6) is 5.75 Å². The number of hydrogen-bond acceptors (Lipinski definition) is 6. The largest absolute Gasteiger partial charge is 0.486 e. The lowest BCUT2D eigenvalue weighted by molar-refractivity contribution is -0.137. The average molecular weight is 543 g/mol. The predicted octanol–water partition coefficient (Wildman–Crippen LogP) is 3.26. The molecule has 0 saturated carbocycles. The second kappa shape index (κ2) is 10.6. The third-order valence-electron chi connectivity index (χ3n) is 6.89. The van der Waals surface area contributed by atoms with E-state index in [9.17, 15) is 33.0 Å². The fourth-order valence-electron chi connectivity index (χ4n) is 5.05. The van der Waals surface area contributed by atoms with Crippen molar-refractivity contribution in [2.24, 2.45) is 0 Å². The molecule has 5 rings (SSSR count). The van der Waals surface area contributed by atoms with Crippen molar-refractivity contribution in [1.29, 1.82) is 0 Å². The summed E-state index contributed by atoms with van der Waals surface area (Å²) in [6.07, 6.45) is -2.47. The number of alkyl halides is 3. The summed E-state index contributed by atoms with van der Waals surface area (Å²) in [6.45, 7) is -0.359. The number of aliphatic hydroxyl groups excluding tert-OH is 2. The molecular formula is C28H25F3N2O6. The first kappa shape index (κ1) is 26.5. The Hall–Kier alpha value is -4.09. The second-order valence-corrected chi connectivity index (χ2v) is 9.32. The zero-order valence-corrected chi connectivity index (χ0v) is 20.5. The first-order chi connectivity index (χ1) is 18.7. The monoisotopic (exact) mass is 542 g/mol. The Morgan fingerprint density at radius 3 is 2.46 bits per heavy atom. The van der Waals surface area contributed by atoms with E-state index in [4.69, 9.17) is 9.15 Å². The Labute approximate surface area is 221 Å². The lowest BCUT2D eigenvalue weighted by atomic mass is 9.77. The number of hydrogen-bond donors (Lipinski definition) is 3. The van der Waals surface area contributed by atoms with Crippen molar-refractivity contribution in [3.63, 3.8) is 0 Å². The smallest absolute Gasteiger partial charge is 0.416 e. The maximum atomic E-state index is 13.7. The summed E-state index contributed by atoms with van der Waals surface area (Å²) in [4.78, 5) is 28.2. The topological polar surface area (TPSA) is 112 Å². The van der Waals surface area contributed by atoms with Crippen molar-refractivity contribution in [2.75, 3.05) is 13.2 Å². The molecule has 0 saturated heterocycles. The highest BCUT2D eigenvalue weighted by Crippen LogP contribution is 2.47. The Balaban J connectivity index is 1.56. The molecule has 39 heavy (non-hydrogen) atoms. The molecule has 1 aliphatic heterocycles. The first-order valence-corrected chi connectivity index (χ1v) is 12.2. The summed E-state index contributed by atoms with van der Waals surface area (Å²) < 4.78 is 50.5. The van der Waals surface area contributed by atoms with Crippen molar-refractivity contribution in [3.05, 3.63) is 101 Å². The Morgan fingerprint density at radius 1 is 1.05 bits per heavy atom. The second-order valence-electron chi connectivity index (χ2n) is 9.32. The lowest BCUT2D eigenvalue weighted by Gasteiger charge is -2.40. The Kier molecular flexibility index (Phi) is 7.19. The van der Waals surface area contributed by atoms with E-state index in [1.54, 1.807) is 30.3 Å². The van der Waals surface area contributed by atoms with Gasteiger partial charge in [0.25, 0.3) is 5.91 Å². The number of ether oxygens (including phenoxy) is 1. The van der Waals surface area contributed by atoms with Gasteiger partial charge in [0.1, 0.15) is 18.0 Å². The van der Waals surface area contributed by atoms with Gasteiger partial charge in [0.15, 0.2) is 0 Å². The molecule has 2 aliphatic rings. The molecule has 0 unspecified atom stereocenters. The molecule has 1 aliphatic carbocycles. The number of rotatable bonds is 7. The number of fused-ring (bicyclic) bond motifs is 3. The van der Waals surface area contributed by atoms with Crippen LogP contribution >= 0.6 is 0 Å². The van der Waals surface area contributed by atoms with Gasteiger partial charge in [-0.05, 0) is 42.5 Å². The maximum absolute atomic E-state index is 13.7. The molecule has 3 N–H and O–H groups in total. The number of carbonyl (C=O) groups is 2. The van der Waals surface area contributed by atoms with E-state index in [1.165, 1.54) is 23.5 Å². The molecule has 0 bridgehead atoms. The maximum Gasteiger partial charge on any atom is 0.416 e. The number of furan rings is 1. The summed E-state index contributed by atoms with van der Waals surface area (Å²) in [5.74, 6) is -1.30. The minimum Gasteiger partial charge on any atom is -0.486 e. The lowest BCUT2D eigenvalue weighted by Crippen LogP contribution is -2.55. The quantitative estimate of drug-likeness (QED) is 0.423. The van der Waals surface area contributed by atoms with E-state index in [2.05, 4.69) is 5.32 Å². The zero-order valence-electron chi connectivity index (χ0n) is 20.5. The molecule has 0 fully saturated rings. The number of aliphatic hydroxyl groups is 2. The van der Waals surface area contributed by atoms with Gasteiger partial charge in [-0.25, -0.2) is 0 Å². The van der Waals surface area contributed by atoms with Gasteiger partial charge in [-0.1, -0.05) is 18.2 Å². The molecule has 1 aromatic heterocycles. The molecule has 0 radical (unpaired) electrons. The van der Waals surface area contributed by atoms with Crippen LogP contribution in [-0.2, 0) is 17.5 Å². The van der Waals surface area contributed by atoms with Gasteiger partial charge in [-0.15, -0.1) is 0 Å². The zero-order chi connectivity index (χ0) is 27.7. The molecular weight excluding hydrogens is 517 g/mol. The van der Waals surface area contributed by atoms with E-state index in [0.717, 1.165) is 24.3 Å². The van der Waals surface area contributed by atoms with Crippen LogP contribution in [0.15, 0.2) is 83.2 Å². The van der Waals surface area contributed by atoms with Gasteiger partial charge in [0.2, 0.25) is 5.91 Å². The van der Waals surface area contributed by atoms with Crippen molar-refractivity contribution >= 4 is 11.8 Å². The van der Waals surface area contributed by atoms with Crippen LogP contribution in [0.25, 0.3) is 0 Å². The summed E-state index contributed by atoms with van der Waals surface area (Å²) in [5.41, 5.74) is 0.573. The number of nitrogens with one attached hydrogen (secondary N) is 1. The van der Waals surface area contributed by atoms with Crippen LogP contribution in [0, 0.1) is 0 Å². The van der Waals surface area contributed by atoms with Crippen LogP contribution in [0.2, 0.25) is 0 Å². The number of para-hydroxylation sites is 1. The number of amides is 2. The van der Waals surface area contributed by atoms with Gasteiger partial charge in [0, 0.05) is 35.4 Å². The molecule has 0 spiro atoms. The fraction of sp³-hybridized carbons (Fsp3) is 0.286. The summed E-state index contributed by atoms with van der Waals surface area (Å²) in [6, 6.07) is 11.4. The molecule has 4 atom stereocenters. The Bertz CT molecular complexity index is 1370. The van der Waals surface area contributed by atoms with Crippen LogP contribution in [0.3, 0.4) is 0 Å². The van der Waals surface area contributed by atoms with E-state index in [0.29, 0.717) is 16.9 Å². The highest BCUT2D eigenvalue weighted by atomic mass is 19.4. The average Bonchev–Trinajstić information content (AvgIpc) is 3.58. The van der Waals surface area contributed by atoms with Crippen molar-refractivity contribution in [1.82, 2.24) is 10.2 Å². The SMILES string of the molecule is O=C(NCCO)C1=C[C@@H](N(Cc2ccoc2)C(=O)c2ccc(C(F)(F)F)cc2)[C@H](O)[C@H]2Oc3ccccc3[C@@H]12. The number of carbonyl (C=O) groups excluding carboxylic acids is 2. The van der Waals surface area contributed by atoms with E-state index >= 15 is 0 Å². The summed E-state index contributed by atoms with van der Waals surface area (Å²) in [7, 11) is 0. The van der Waals surface area contributed by atoms with Crippen LogP contribution in [0.1, 0.15) is 33.0 Å². The molecule has 11 heteroatoms. The molecule has 2 heterocycles. The summed E-state index contributed by atoms with van der Waals surface area (Å²) >= 11 is 0. The molecule has 3 aromatic rings. The standard InChI is InChI=1S/C28H25F3N2O6/c29-28(30,31)18-7-5-17(6-8-18)27(37)33(14-16-9-12-38-15-16)21-13-20(26(36)32-10-11-34)23-19-3-1-2-4-22(19)39-25(23)24(21)35/h1-9,12-13,15,21,23-25,34-35H,10-11,14H2,(H,32,36)/t21-,23+,24+,25+/m1/s1. The number of nitrogens with zero attached hydrogens (tertiary/aromatic N) is 1. The molecule has 2 aromatic carbocycles. The molecule has 2 amide bonds. The minimum atomic E-state index is -4.57. The van der Waals surface area contributed by atoms with E-state index < -0.39 is 47.7 Å². The van der Waals surface area contributed by atoms with E-state index in [1.807, 2.05) is 0 Å². The first-order valence-electron chi connectivity index (χ1n) is 12.2. The highest BCUT2D eigenvalue weighted by Gasteiger charge is 2.50. The van der Waals surface area contributed by atoms with Crippen LogP contribution in [0.4, 0.5) is 13.2 Å². The third-order valence-corrected chi connectivity index (χ3v) is 6.89. The van der Waals surface area contributed by atoms with E-state index in [-0.39, 0.29) is 30.8 Å². The number of benzene rings is 2. The van der Waals surface area contributed by atoms with Gasteiger partial charge in [-0.2, -0.15) is 13.2 Å². The van der Waals surface area contributed by atoms with Crippen molar-refractivity contribution < 1.29 is 42.1 Å².